The summed E-state index contributed by atoms with van der Waals surface area (Å²) < 4.78 is 5.33. The minimum atomic E-state index is -0.0969. The molecule has 0 saturated carbocycles. The molecule has 7 heteroatoms. The highest BCUT2D eigenvalue weighted by molar-refractivity contribution is 5.94. The largest absolute Gasteiger partial charge is 0.368 e. The number of amides is 2. The third kappa shape index (κ3) is 4.08. The first kappa shape index (κ1) is 19.0. The van der Waals surface area contributed by atoms with Crippen molar-refractivity contribution in [3.8, 4) is 0 Å². The average molecular weight is 392 g/mol. The number of aryl methyl sites for hydroxylation is 1. The number of hydrogen-bond acceptors (Lipinski definition) is 5. The number of hydrogen-bond donors (Lipinski definition) is 1. The Hall–Kier alpha value is -3.35. The predicted molar refractivity (Wildman–Crippen MR) is 111 cm³/mol. The lowest BCUT2D eigenvalue weighted by Crippen LogP contribution is -2.51. The first-order valence-corrected chi connectivity index (χ1v) is 9.75. The van der Waals surface area contributed by atoms with Gasteiger partial charge in [-0.15, -0.1) is 0 Å². The second kappa shape index (κ2) is 7.95. The van der Waals surface area contributed by atoms with E-state index in [0.717, 1.165) is 41.0 Å². The van der Waals surface area contributed by atoms with Gasteiger partial charge in [0.2, 0.25) is 0 Å². The van der Waals surface area contributed by atoms with Crippen molar-refractivity contribution < 1.29 is 14.1 Å². The Kier molecular flexibility index (Phi) is 5.20. The molecule has 1 aromatic heterocycles. The van der Waals surface area contributed by atoms with Crippen LogP contribution in [0.15, 0.2) is 47.0 Å². The van der Waals surface area contributed by atoms with Gasteiger partial charge in [0.15, 0.2) is 11.4 Å². The van der Waals surface area contributed by atoms with Crippen LogP contribution in [0.3, 0.4) is 0 Å². The Bertz CT molecular complexity index is 1030. The molecule has 2 heterocycles. The third-order valence-electron chi connectivity index (χ3n) is 5.31. The van der Waals surface area contributed by atoms with Crippen molar-refractivity contribution in [2.75, 3.05) is 31.1 Å². The zero-order valence-electron chi connectivity index (χ0n) is 16.6. The molecule has 0 bridgehead atoms. The summed E-state index contributed by atoms with van der Waals surface area (Å²) in [4.78, 5) is 28.0. The number of anilines is 1. The molecule has 0 spiro atoms. The monoisotopic (exact) mass is 392 g/mol. The number of carbonyl (C=O) groups excluding carboxylic acids is 2. The maximum atomic E-state index is 12.6. The van der Waals surface area contributed by atoms with Crippen LogP contribution in [0.4, 0.5) is 10.5 Å². The molecule has 0 atom stereocenters. The van der Waals surface area contributed by atoms with Crippen molar-refractivity contribution in [2.45, 2.75) is 20.4 Å². The molecule has 2 aromatic carbocycles. The molecule has 0 radical (unpaired) electrons. The van der Waals surface area contributed by atoms with Gasteiger partial charge in [0.1, 0.15) is 5.69 Å². The lowest BCUT2D eigenvalue weighted by atomic mass is 10.1. The Balaban J connectivity index is 1.31. The molecule has 7 nitrogen and oxygen atoms in total. The highest BCUT2D eigenvalue weighted by Gasteiger charge is 2.21. The Morgan fingerprint density at radius 1 is 1.07 bits per heavy atom. The molecular weight excluding hydrogens is 368 g/mol. The second-order valence-electron chi connectivity index (χ2n) is 7.36. The first-order valence-electron chi connectivity index (χ1n) is 9.75. The molecule has 0 unspecified atom stereocenters. The fourth-order valence-electron chi connectivity index (χ4n) is 3.58. The highest BCUT2D eigenvalue weighted by atomic mass is 16.5. The summed E-state index contributed by atoms with van der Waals surface area (Å²) >= 11 is 0. The summed E-state index contributed by atoms with van der Waals surface area (Å²) in [6, 6.07) is 13.4. The Labute approximate surface area is 169 Å². The lowest BCUT2D eigenvalue weighted by Gasteiger charge is -2.36. The van der Waals surface area contributed by atoms with Crippen LogP contribution in [-0.4, -0.2) is 48.0 Å². The number of urea groups is 1. The standard InChI is InChI=1S/C22H24N4O3/c1-15-3-8-21-19(13-15)20(24-29-21)14-23-22(28)26-11-9-25(10-12-26)18-6-4-17(5-7-18)16(2)27/h3-8,13H,9-12,14H2,1-2H3,(H,23,28). The van der Waals surface area contributed by atoms with Gasteiger partial charge in [-0.05, 0) is 50.2 Å². The summed E-state index contributed by atoms with van der Waals surface area (Å²) in [6.07, 6.45) is 0. The second-order valence-corrected chi connectivity index (χ2v) is 7.36. The van der Waals surface area contributed by atoms with Crippen LogP contribution in [0.5, 0.6) is 0 Å². The highest BCUT2D eigenvalue weighted by Crippen LogP contribution is 2.20. The van der Waals surface area contributed by atoms with E-state index in [-0.39, 0.29) is 11.8 Å². The molecule has 150 valence electrons. The minimum Gasteiger partial charge on any atom is -0.368 e. The number of rotatable bonds is 4. The van der Waals surface area contributed by atoms with Gasteiger partial charge in [-0.1, -0.05) is 16.8 Å². The molecule has 3 aromatic rings. The lowest BCUT2D eigenvalue weighted by molar-refractivity contribution is 0.101. The van der Waals surface area contributed by atoms with Gasteiger partial charge in [-0.2, -0.15) is 0 Å². The van der Waals surface area contributed by atoms with Crippen molar-refractivity contribution in [3.63, 3.8) is 0 Å². The van der Waals surface area contributed by atoms with E-state index in [1.165, 1.54) is 0 Å². The van der Waals surface area contributed by atoms with Crippen molar-refractivity contribution in [1.82, 2.24) is 15.4 Å². The van der Waals surface area contributed by atoms with E-state index in [4.69, 9.17) is 4.52 Å². The molecule has 1 aliphatic rings. The van der Waals surface area contributed by atoms with Crippen molar-refractivity contribution in [1.29, 1.82) is 0 Å². The number of aromatic nitrogens is 1. The van der Waals surface area contributed by atoms with Gasteiger partial charge in [-0.25, -0.2) is 4.79 Å². The fraction of sp³-hybridized carbons (Fsp3) is 0.318. The van der Waals surface area contributed by atoms with Crippen LogP contribution in [0, 0.1) is 6.92 Å². The summed E-state index contributed by atoms with van der Waals surface area (Å²) in [6.45, 7) is 6.69. The van der Waals surface area contributed by atoms with Crippen molar-refractivity contribution in [2.24, 2.45) is 0 Å². The first-order chi connectivity index (χ1) is 14.0. The minimum absolute atomic E-state index is 0.0630. The summed E-state index contributed by atoms with van der Waals surface area (Å²) in [5.41, 5.74) is 4.37. The number of nitrogens with one attached hydrogen (secondary N) is 1. The molecule has 29 heavy (non-hydrogen) atoms. The summed E-state index contributed by atoms with van der Waals surface area (Å²) in [5, 5.41) is 7.97. The molecule has 1 aliphatic heterocycles. The molecule has 2 amide bonds. The van der Waals surface area contributed by atoms with Crippen LogP contribution >= 0.6 is 0 Å². The van der Waals surface area contributed by atoms with E-state index in [2.05, 4.69) is 15.4 Å². The molecule has 0 aliphatic carbocycles. The van der Waals surface area contributed by atoms with E-state index in [1.807, 2.05) is 54.3 Å². The van der Waals surface area contributed by atoms with Gasteiger partial charge >= 0.3 is 6.03 Å². The number of carbonyl (C=O) groups is 2. The zero-order chi connectivity index (χ0) is 20.4. The van der Waals surface area contributed by atoms with Crippen LogP contribution in [0.2, 0.25) is 0 Å². The third-order valence-corrected chi connectivity index (χ3v) is 5.31. The summed E-state index contributed by atoms with van der Waals surface area (Å²) in [5.74, 6) is 0.0630. The van der Waals surface area contributed by atoms with E-state index >= 15 is 0 Å². The number of Topliss-reactive ketones (excluding diaryl/α,β-unsaturated/α-hetero) is 1. The molecule has 1 fully saturated rings. The van der Waals surface area contributed by atoms with E-state index < -0.39 is 0 Å². The van der Waals surface area contributed by atoms with Crippen molar-refractivity contribution >= 4 is 28.5 Å². The molecule has 4 rings (SSSR count). The number of ketones is 1. The smallest absolute Gasteiger partial charge is 0.317 e. The van der Waals surface area contributed by atoms with E-state index in [0.29, 0.717) is 25.2 Å². The summed E-state index contributed by atoms with van der Waals surface area (Å²) in [7, 11) is 0. The van der Waals surface area contributed by atoms with Crippen molar-refractivity contribution in [3.05, 3.63) is 59.3 Å². The van der Waals surface area contributed by atoms with Crippen LogP contribution in [-0.2, 0) is 6.54 Å². The molecule has 1 saturated heterocycles. The fourth-order valence-corrected chi connectivity index (χ4v) is 3.58. The number of fused-ring (bicyclic) bond motifs is 1. The Morgan fingerprint density at radius 3 is 2.48 bits per heavy atom. The quantitative estimate of drug-likeness (QED) is 0.689. The van der Waals surface area contributed by atoms with Crippen LogP contribution < -0.4 is 10.2 Å². The maximum absolute atomic E-state index is 12.6. The zero-order valence-corrected chi connectivity index (χ0v) is 16.6. The van der Waals surface area contributed by atoms with Gasteiger partial charge in [0, 0.05) is 42.8 Å². The molecular formula is C22H24N4O3. The number of benzene rings is 2. The van der Waals surface area contributed by atoms with Crippen LogP contribution in [0.1, 0.15) is 28.5 Å². The predicted octanol–water partition coefficient (Wildman–Crippen LogP) is 3.37. The number of nitrogens with zero attached hydrogens (tertiary/aromatic N) is 3. The van der Waals surface area contributed by atoms with Gasteiger partial charge in [-0.3, -0.25) is 4.79 Å². The van der Waals surface area contributed by atoms with Gasteiger partial charge in [0.05, 0.1) is 6.54 Å². The maximum Gasteiger partial charge on any atom is 0.317 e. The average Bonchev–Trinajstić information content (AvgIpc) is 3.14. The molecule has 1 N–H and O–H groups in total. The van der Waals surface area contributed by atoms with Crippen LogP contribution in [0.25, 0.3) is 11.0 Å². The number of piperazine rings is 1. The van der Waals surface area contributed by atoms with E-state index in [9.17, 15) is 9.59 Å². The normalized spacial score (nSPS) is 14.3. The van der Waals surface area contributed by atoms with E-state index in [1.54, 1.807) is 6.92 Å². The SMILES string of the molecule is CC(=O)c1ccc(N2CCN(C(=O)NCc3noc4ccc(C)cc34)CC2)cc1. The van der Waals surface area contributed by atoms with Gasteiger partial charge in [0.25, 0.3) is 0 Å². The Morgan fingerprint density at radius 2 is 1.79 bits per heavy atom. The topological polar surface area (TPSA) is 78.7 Å². The van der Waals surface area contributed by atoms with Gasteiger partial charge < -0.3 is 19.6 Å².